The van der Waals surface area contributed by atoms with Crippen molar-refractivity contribution in [3.05, 3.63) is 21.9 Å². The Bertz CT molecular complexity index is 444. The van der Waals surface area contributed by atoms with Crippen LogP contribution in [0.25, 0.3) is 0 Å². The van der Waals surface area contributed by atoms with Crippen LogP contribution in [0.4, 0.5) is 0 Å². The fourth-order valence-corrected chi connectivity index (χ4v) is 4.15. The van der Waals surface area contributed by atoms with Gasteiger partial charge in [0.25, 0.3) is 0 Å². The lowest BCUT2D eigenvalue weighted by atomic mass is 9.84. The van der Waals surface area contributed by atoms with Crippen molar-refractivity contribution < 1.29 is 15.0 Å². The van der Waals surface area contributed by atoms with E-state index in [4.69, 9.17) is 5.11 Å². The molecule has 0 radical (unpaired) electrons. The minimum atomic E-state index is -0.945. The summed E-state index contributed by atoms with van der Waals surface area (Å²) in [5.41, 5.74) is -0.683. The highest BCUT2D eigenvalue weighted by Crippen LogP contribution is 2.43. The number of carboxylic acid groups (broad SMARTS) is 1. The normalized spacial score (nSPS) is 36.1. The molecule has 0 spiro atoms. The Labute approximate surface area is 103 Å². The third kappa shape index (κ3) is 1.78. The molecule has 1 aromatic rings. The summed E-state index contributed by atoms with van der Waals surface area (Å²) in [6.07, 6.45) is 3.43. The highest BCUT2D eigenvalue weighted by molar-refractivity contribution is 7.10. The molecule has 2 fully saturated rings. The number of hydrogen-bond donors (Lipinski definition) is 3. The second-order valence-electron chi connectivity index (χ2n) is 5.05. The molecule has 0 saturated carbocycles. The Morgan fingerprint density at radius 1 is 1.41 bits per heavy atom. The van der Waals surface area contributed by atoms with Gasteiger partial charge < -0.3 is 15.5 Å². The highest BCUT2D eigenvalue weighted by atomic mass is 32.1. The number of piperidine rings is 1. The van der Waals surface area contributed by atoms with Gasteiger partial charge in [0.1, 0.15) is 5.60 Å². The van der Waals surface area contributed by atoms with Gasteiger partial charge in [0.2, 0.25) is 0 Å². The van der Waals surface area contributed by atoms with Crippen LogP contribution >= 0.6 is 11.3 Å². The molecule has 92 valence electrons. The van der Waals surface area contributed by atoms with Crippen molar-refractivity contribution in [3.63, 3.8) is 0 Å². The summed E-state index contributed by atoms with van der Waals surface area (Å²) in [5.74, 6) is -0.944. The fraction of sp³-hybridized carbons (Fsp3) is 0.583. The van der Waals surface area contributed by atoms with Crippen LogP contribution in [-0.4, -0.2) is 28.3 Å². The first kappa shape index (κ1) is 11.2. The van der Waals surface area contributed by atoms with E-state index in [2.05, 4.69) is 5.32 Å². The van der Waals surface area contributed by atoms with Crippen molar-refractivity contribution in [3.8, 4) is 0 Å². The Balaban J connectivity index is 1.97. The van der Waals surface area contributed by atoms with Crippen molar-refractivity contribution in [2.75, 3.05) is 0 Å². The van der Waals surface area contributed by atoms with Crippen LogP contribution < -0.4 is 5.32 Å². The lowest BCUT2D eigenvalue weighted by Gasteiger charge is -2.36. The Morgan fingerprint density at radius 3 is 2.65 bits per heavy atom. The molecule has 3 N–H and O–H groups in total. The minimum Gasteiger partial charge on any atom is -0.478 e. The van der Waals surface area contributed by atoms with Crippen molar-refractivity contribution in [1.82, 2.24) is 5.32 Å². The van der Waals surface area contributed by atoms with Crippen LogP contribution in [0.1, 0.15) is 40.9 Å². The number of nitrogens with one attached hydrogen (secondary N) is 1. The molecule has 2 saturated heterocycles. The van der Waals surface area contributed by atoms with E-state index < -0.39 is 11.6 Å². The van der Waals surface area contributed by atoms with Crippen LogP contribution in [0, 0.1) is 0 Å². The monoisotopic (exact) mass is 253 g/mol. The van der Waals surface area contributed by atoms with Crippen molar-refractivity contribution in [2.45, 2.75) is 43.4 Å². The van der Waals surface area contributed by atoms with Gasteiger partial charge in [-0.3, -0.25) is 0 Å². The summed E-state index contributed by atoms with van der Waals surface area (Å²) in [5, 5.41) is 25.1. The number of fused-ring (bicyclic) bond motifs is 2. The van der Waals surface area contributed by atoms with Gasteiger partial charge in [-0.05, 0) is 37.1 Å². The Morgan fingerprint density at radius 2 is 2.06 bits per heavy atom. The first-order chi connectivity index (χ1) is 8.08. The number of rotatable bonds is 2. The van der Waals surface area contributed by atoms with Crippen molar-refractivity contribution >= 4 is 17.3 Å². The summed E-state index contributed by atoms with van der Waals surface area (Å²) < 4.78 is 0. The van der Waals surface area contributed by atoms with E-state index in [-0.39, 0.29) is 5.56 Å². The lowest BCUT2D eigenvalue weighted by Crippen LogP contribution is -2.46. The molecular weight excluding hydrogens is 238 g/mol. The molecule has 2 aliphatic heterocycles. The number of aliphatic hydroxyl groups is 1. The first-order valence-corrected chi connectivity index (χ1v) is 6.76. The zero-order valence-electron chi connectivity index (χ0n) is 9.35. The van der Waals surface area contributed by atoms with Gasteiger partial charge in [0.05, 0.1) is 10.4 Å². The smallest absolute Gasteiger partial charge is 0.336 e. The third-order valence-corrected chi connectivity index (χ3v) is 4.93. The third-order valence-electron chi connectivity index (χ3n) is 3.82. The van der Waals surface area contributed by atoms with Crippen LogP contribution in [-0.2, 0) is 5.60 Å². The van der Waals surface area contributed by atoms with Gasteiger partial charge in [-0.25, -0.2) is 4.79 Å². The van der Waals surface area contributed by atoms with Crippen LogP contribution in [0.5, 0.6) is 0 Å². The maximum atomic E-state index is 11.1. The SMILES string of the molecule is O=C(O)c1ccsc1C1(O)CC2CCC(C1)N2. The van der Waals surface area contributed by atoms with Crippen molar-refractivity contribution in [1.29, 1.82) is 0 Å². The minimum absolute atomic E-state index is 0.263. The van der Waals surface area contributed by atoms with E-state index in [1.54, 1.807) is 11.4 Å². The number of carbonyl (C=O) groups is 1. The van der Waals surface area contributed by atoms with Crippen LogP contribution in [0.2, 0.25) is 0 Å². The van der Waals surface area contributed by atoms with E-state index >= 15 is 0 Å². The van der Waals surface area contributed by atoms with E-state index in [0.717, 1.165) is 12.8 Å². The first-order valence-electron chi connectivity index (χ1n) is 5.88. The lowest BCUT2D eigenvalue weighted by molar-refractivity contribution is -0.00922. The summed E-state index contributed by atoms with van der Waals surface area (Å²) in [7, 11) is 0. The fourth-order valence-electron chi connectivity index (χ4n) is 3.15. The quantitative estimate of drug-likeness (QED) is 0.748. The summed E-state index contributed by atoms with van der Waals surface area (Å²) in [6.45, 7) is 0. The molecule has 2 unspecified atom stereocenters. The molecule has 3 rings (SSSR count). The van der Waals surface area contributed by atoms with Crippen molar-refractivity contribution in [2.24, 2.45) is 0 Å². The van der Waals surface area contributed by atoms with Gasteiger partial charge in [0, 0.05) is 12.1 Å². The van der Waals surface area contributed by atoms with E-state index in [1.807, 2.05) is 0 Å². The predicted molar refractivity (Wildman–Crippen MR) is 64.4 cm³/mol. The van der Waals surface area contributed by atoms with Crippen LogP contribution in [0.15, 0.2) is 11.4 Å². The topological polar surface area (TPSA) is 69.6 Å². The Kier molecular flexibility index (Phi) is 2.50. The van der Waals surface area contributed by atoms with Crippen LogP contribution in [0.3, 0.4) is 0 Å². The van der Waals surface area contributed by atoms with Gasteiger partial charge in [-0.1, -0.05) is 0 Å². The molecule has 17 heavy (non-hydrogen) atoms. The number of aromatic carboxylic acids is 1. The molecule has 2 aliphatic rings. The summed E-state index contributed by atoms with van der Waals surface area (Å²) in [4.78, 5) is 11.8. The Hall–Kier alpha value is -0.910. The van der Waals surface area contributed by atoms with E-state index in [0.29, 0.717) is 29.8 Å². The van der Waals surface area contributed by atoms with E-state index in [9.17, 15) is 9.90 Å². The maximum Gasteiger partial charge on any atom is 0.336 e. The highest BCUT2D eigenvalue weighted by Gasteiger charge is 2.45. The number of thiophene rings is 1. The molecule has 2 atom stereocenters. The second-order valence-corrected chi connectivity index (χ2v) is 5.96. The van der Waals surface area contributed by atoms with Gasteiger partial charge in [-0.2, -0.15) is 0 Å². The molecule has 0 aromatic carbocycles. The largest absolute Gasteiger partial charge is 0.478 e. The standard InChI is InChI=1S/C12H15NO3S/c14-11(15)9-3-4-17-10(9)12(16)5-7-1-2-8(6-12)13-7/h3-4,7-8,13,16H,1-2,5-6H2,(H,14,15). The van der Waals surface area contributed by atoms with Gasteiger partial charge in [0.15, 0.2) is 0 Å². The van der Waals surface area contributed by atoms with E-state index in [1.165, 1.54) is 11.3 Å². The zero-order valence-corrected chi connectivity index (χ0v) is 10.2. The van der Waals surface area contributed by atoms with Gasteiger partial charge in [-0.15, -0.1) is 11.3 Å². The molecule has 0 amide bonds. The second kappa shape index (κ2) is 3.80. The molecule has 1 aromatic heterocycles. The summed E-state index contributed by atoms with van der Waals surface area (Å²) in [6, 6.07) is 2.26. The number of hydrogen-bond acceptors (Lipinski definition) is 4. The molecule has 3 heterocycles. The zero-order chi connectivity index (χ0) is 12.0. The molecule has 4 nitrogen and oxygen atoms in total. The predicted octanol–water partition coefficient (Wildman–Crippen LogP) is 1.55. The van der Waals surface area contributed by atoms with Gasteiger partial charge >= 0.3 is 5.97 Å². The average molecular weight is 253 g/mol. The average Bonchev–Trinajstić information content (AvgIpc) is 2.85. The number of carboxylic acids is 1. The molecule has 2 bridgehead atoms. The maximum absolute atomic E-state index is 11.1. The molecule has 0 aliphatic carbocycles. The summed E-state index contributed by atoms with van der Waals surface area (Å²) >= 11 is 1.36. The molecular formula is C12H15NO3S. The molecule has 5 heteroatoms.